The standard InChI is InChI=1S/C11H10N2O4S/c1-2-12-9(15)10(16)13(11(12)17)6-7(14)8-4-3-5-18-8/h3-5H,2,6H2,1H3. The SMILES string of the molecule is CCN1C(=O)C(=O)N(CC(=O)c2cccs2)C1=O. The summed E-state index contributed by atoms with van der Waals surface area (Å²) in [6, 6.07) is 2.59. The molecule has 0 radical (unpaired) electrons. The van der Waals surface area contributed by atoms with E-state index < -0.39 is 17.8 Å². The molecule has 18 heavy (non-hydrogen) atoms. The van der Waals surface area contributed by atoms with Gasteiger partial charge in [0.05, 0.1) is 11.4 Å². The van der Waals surface area contributed by atoms with E-state index in [0.29, 0.717) is 9.78 Å². The summed E-state index contributed by atoms with van der Waals surface area (Å²) >= 11 is 1.23. The quantitative estimate of drug-likeness (QED) is 0.457. The third kappa shape index (κ3) is 1.92. The lowest BCUT2D eigenvalue weighted by molar-refractivity contribution is -0.143. The molecule has 0 bridgehead atoms. The molecule has 1 fully saturated rings. The summed E-state index contributed by atoms with van der Waals surface area (Å²) in [7, 11) is 0. The van der Waals surface area contributed by atoms with Gasteiger partial charge in [0.2, 0.25) is 0 Å². The second-order valence-corrected chi connectivity index (χ2v) is 4.57. The number of nitrogens with zero attached hydrogens (tertiary/aromatic N) is 2. The molecule has 2 heterocycles. The van der Waals surface area contributed by atoms with Crippen LogP contribution in [0.3, 0.4) is 0 Å². The third-order valence-corrected chi connectivity index (χ3v) is 3.46. The predicted molar refractivity (Wildman–Crippen MR) is 63.1 cm³/mol. The Morgan fingerprint density at radius 3 is 2.39 bits per heavy atom. The van der Waals surface area contributed by atoms with Gasteiger partial charge in [-0.1, -0.05) is 6.07 Å². The summed E-state index contributed by atoms with van der Waals surface area (Å²) in [5.41, 5.74) is 0. The van der Waals surface area contributed by atoms with Gasteiger partial charge < -0.3 is 0 Å². The highest BCUT2D eigenvalue weighted by molar-refractivity contribution is 7.12. The van der Waals surface area contributed by atoms with Crippen molar-refractivity contribution in [3.05, 3.63) is 22.4 Å². The zero-order valence-corrected chi connectivity index (χ0v) is 10.4. The van der Waals surface area contributed by atoms with Crippen LogP contribution in [0, 0.1) is 0 Å². The molecule has 1 aromatic heterocycles. The molecule has 94 valence electrons. The number of hydrogen-bond acceptors (Lipinski definition) is 5. The fourth-order valence-electron chi connectivity index (χ4n) is 1.63. The van der Waals surface area contributed by atoms with E-state index in [1.54, 1.807) is 24.4 Å². The summed E-state index contributed by atoms with van der Waals surface area (Å²) in [5.74, 6) is -2.16. The molecule has 0 aliphatic carbocycles. The lowest BCUT2D eigenvalue weighted by Crippen LogP contribution is -2.36. The number of likely N-dealkylation sites (N-methyl/N-ethyl adjacent to an activating group) is 1. The first-order chi connectivity index (χ1) is 8.56. The van der Waals surface area contributed by atoms with Gasteiger partial charge in [0.15, 0.2) is 5.78 Å². The smallest absolute Gasteiger partial charge is 0.291 e. The van der Waals surface area contributed by atoms with E-state index in [1.165, 1.54) is 11.3 Å². The first-order valence-electron chi connectivity index (χ1n) is 5.30. The van der Waals surface area contributed by atoms with Gasteiger partial charge in [-0.25, -0.2) is 9.69 Å². The highest BCUT2D eigenvalue weighted by atomic mass is 32.1. The maximum absolute atomic E-state index is 11.8. The molecule has 7 heteroatoms. The fourth-order valence-corrected chi connectivity index (χ4v) is 2.28. The van der Waals surface area contributed by atoms with Crippen molar-refractivity contribution in [1.82, 2.24) is 9.80 Å². The molecule has 0 atom stereocenters. The number of carbonyl (C=O) groups is 4. The van der Waals surface area contributed by atoms with Crippen molar-refractivity contribution < 1.29 is 19.2 Å². The summed E-state index contributed by atoms with van der Waals surface area (Å²) < 4.78 is 0. The van der Waals surface area contributed by atoms with Crippen LogP contribution < -0.4 is 0 Å². The second kappa shape index (κ2) is 4.69. The molecule has 0 aromatic carbocycles. The van der Waals surface area contributed by atoms with Gasteiger partial charge >= 0.3 is 17.8 Å². The number of thiophene rings is 1. The van der Waals surface area contributed by atoms with Crippen LogP contribution in [-0.4, -0.2) is 46.5 Å². The van der Waals surface area contributed by atoms with Gasteiger partial charge in [-0.2, -0.15) is 0 Å². The monoisotopic (exact) mass is 266 g/mol. The Labute approximate surface area is 107 Å². The largest absolute Gasteiger partial charge is 0.334 e. The van der Waals surface area contributed by atoms with E-state index in [4.69, 9.17) is 0 Å². The molecule has 0 N–H and O–H groups in total. The summed E-state index contributed by atoms with van der Waals surface area (Å²) in [6.45, 7) is 1.32. The Bertz CT molecular complexity index is 523. The number of carbonyl (C=O) groups excluding carboxylic acids is 4. The average Bonchev–Trinajstić information content (AvgIpc) is 2.94. The van der Waals surface area contributed by atoms with Crippen LogP contribution in [-0.2, 0) is 9.59 Å². The van der Waals surface area contributed by atoms with Gasteiger partial charge in [-0.05, 0) is 18.4 Å². The van der Waals surface area contributed by atoms with Crippen molar-refractivity contribution in [2.45, 2.75) is 6.92 Å². The van der Waals surface area contributed by atoms with Crippen LogP contribution in [0.1, 0.15) is 16.6 Å². The van der Waals surface area contributed by atoms with Crippen LogP contribution >= 0.6 is 11.3 Å². The lowest BCUT2D eigenvalue weighted by atomic mass is 10.3. The summed E-state index contributed by atoms with van der Waals surface area (Å²) in [6.07, 6.45) is 0. The molecule has 2 rings (SSSR count). The Hall–Kier alpha value is -2.02. The van der Waals surface area contributed by atoms with Crippen molar-refractivity contribution in [3.63, 3.8) is 0 Å². The number of Topliss-reactive ketones (excluding diaryl/α,β-unsaturated/α-hetero) is 1. The Balaban J connectivity index is 2.15. The molecule has 0 saturated carbocycles. The van der Waals surface area contributed by atoms with Crippen molar-refractivity contribution in [1.29, 1.82) is 0 Å². The van der Waals surface area contributed by atoms with Crippen molar-refractivity contribution in [2.24, 2.45) is 0 Å². The maximum Gasteiger partial charge on any atom is 0.334 e. The third-order valence-electron chi connectivity index (χ3n) is 2.55. The van der Waals surface area contributed by atoms with Crippen LogP contribution in [0.25, 0.3) is 0 Å². The molecule has 4 amide bonds. The topological polar surface area (TPSA) is 74.8 Å². The molecule has 1 aliphatic heterocycles. The van der Waals surface area contributed by atoms with Gasteiger partial charge in [-0.15, -0.1) is 11.3 Å². The number of rotatable bonds is 4. The van der Waals surface area contributed by atoms with Gasteiger partial charge in [0.25, 0.3) is 0 Å². The van der Waals surface area contributed by atoms with Gasteiger partial charge in [0.1, 0.15) is 0 Å². The van der Waals surface area contributed by atoms with E-state index in [9.17, 15) is 19.2 Å². The van der Waals surface area contributed by atoms with Crippen LogP contribution in [0.5, 0.6) is 0 Å². The number of hydrogen-bond donors (Lipinski definition) is 0. The first kappa shape index (κ1) is 12.4. The summed E-state index contributed by atoms with van der Waals surface area (Å²) in [5, 5.41) is 1.73. The molecule has 1 aliphatic rings. The zero-order chi connectivity index (χ0) is 13.3. The molecule has 6 nitrogen and oxygen atoms in total. The van der Waals surface area contributed by atoms with E-state index in [0.717, 1.165) is 4.90 Å². The molecule has 0 unspecified atom stereocenters. The number of imide groups is 2. The number of amides is 4. The Kier molecular flexibility index (Phi) is 3.24. The number of ketones is 1. The predicted octanol–water partition coefficient (Wildman–Crippen LogP) is 0.741. The van der Waals surface area contributed by atoms with Crippen molar-refractivity contribution in [3.8, 4) is 0 Å². The van der Waals surface area contributed by atoms with E-state index in [2.05, 4.69) is 0 Å². The Morgan fingerprint density at radius 1 is 1.22 bits per heavy atom. The van der Waals surface area contributed by atoms with Gasteiger partial charge in [-0.3, -0.25) is 19.3 Å². The van der Waals surface area contributed by atoms with Crippen LogP contribution in [0.15, 0.2) is 17.5 Å². The van der Waals surface area contributed by atoms with Crippen LogP contribution in [0.4, 0.5) is 4.79 Å². The molecule has 0 spiro atoms. The second-order valence-electron chi connectivity index (χ2n) is 3.62. The van der Waals surface area contributed by atoms with E-state index in [1.807, 2.05) is 0 Å². The van der Waals surface area contributed by atoms with E-state index in [-0.39, 0.29) is 18.9 Å². The first-order valence-corrected chi connectivity index (χ1v) is 6.18. The molecule has 1 saturated heterocycles. The minimum Gasteiger partial charge on any atom is -0.291 e. The van der Waals surface area contributed by atoms with Crippen LogP contribution in [0.2, 0.25) is 0 Å². The van der Waals surface area contributed by atoms with Gasteiger partial charge in [0, 0.05) is 6.54 Å². The normalized spacial score (nSPS) is 15.7. The molecular weight excluding hydrogens is 256 g/mol. The highest BCUT2D eigenvalue weighted by Crippen LogP contribution is 2.15. The van der Waals surface area contributed by atoms with E-state index >= 15 is 0 Å². The number of urea groups is 1. The highest BCUT2D eigenvalue weighted by Gasteiger charge is 2.44. The molecule has 1 aromatic rings. The zero-order valence-electron chi connectivity index (χ0n) is 9.58. The summed E-state index contributed by atoms with van der Waals surface area (Å²) in [4.78, 5) is 48.5. The maximum atomic E-state index is 11.8. The fraction of sp³-hybridized carbons (Fsp3) is 0.273. The van der Waals surface area contributed by atoms with Crippen molar-refractivity contribution >= 4 is 35.0 Å². The average molecular weight is 266 g/mol. The lowest BCUT2D eigenvalue weighted by Gasteiger charge is -2.12. The van der Waals surface area contributed by atoms with Crippen molar-refractivity contribution in [2.75, 3.05) is 13.1 Å². The minimum absolute atomic E-state index is 0.118. The molecular formula is C11H10N2O4S. The Morgan fingerprint density at radius 2 is 1.89 bits per heavy atom. The minimum atomic E-state index is -0.938.